The van der Waals surface area contributed by atoms with Gasteiger partial charge in [0, 0.05) is 0 Å². The summed E-state index contributed by atoms with van der Waals surface area (Å²) < 4.78 is 10.8. The van der Waals surface area contributed by atoms with E-state index in [-0.39, 0.29) is 41.4 Å². The van der Waals surface area contributed by atoms with Crippen molar-refractivity contribution in [2.75, 3.05) is 20.2 Å². The topological polar surface area (TPSA) is 81.9 Å². The summed E-state index contributed by atoms with van der Waals surface area (Å²) in [7, 11) is 1.31. The fourth-order valence-electron chi connectivity index (χ4n) is 2.14. The van der Waals surface area contributed by atoms with Gasteiger partial charge in [-0.05, 0) is 32.1 Å². The molecule has 0 saturated carbocycles. The summed E-state index contributed by atoms with van der Waals surface area (Å²) in [6.07, 6.45) is 0.161. The number of carbonyl (C=O) groups is 1. The predicted octanol–water partition coefficient (Wildman–Crippen LogP) is 2.90. The minimum absolute atomic E-state index is 0. The first-order chi connectivity index (χ1) is 9.99. The van der Waals surface area contributed by atoms with Gasteiger partial charge in [0.2, 0.25) is 5.75 Å². The van der Waals surface area contributed by atoms with Crippen LogP contribution in [0.5, 0.6) is 11.5 Å². The van der Waals surface area contributed by atoms with Crippen molar-refractivity contribution in [2.45, 2.75) is 27.0 Å². The largest absolute Gasteiger partial charge is 0.488 e. The first-order valence-corrected chi connectivity index (χ1v) is 6.71. The van der Waals surface area contributed by atoms with Crippen molar-refractivity contribution >= 4 is 24.4 Å². The molecular weight excluding hydrogens is 312 g/mol. The lowest BCUT2D eigenvalue weighted by Gasteiger charge is -2.27. The maximum Gasteiger partial charge on any atom is 0.325 e. The Morgan fingerprint density at radius 3 is 2.36 bits per heavy atom. The highest BCUT2D eigenvalue weighted by Gasteiger charge is 2.26. The van der Waals surface area contributed by atoms with Crippen molar-refractivity contribution in [1.82, 2.24) is 4.90 Å². The van der Waals surface area contributed by atoms with Gasteiger partial charge in [0.05, 0.1) is 17.6 Å². The molecule has 1 aromatic carbocycles. The number of benzene rings is 1. The van der Waals surface area contributed by atoms with Gasteiger partial charge in [-0.2, -0.15) is 0 Å². The molecule has 0 fully saturated rings. The smallest absolute Gasteiger partial charge is 0.325 e. The van der Waals surface area contributed by atoms with Gasteiger partial charge in [0.15, 0.2) is 12.0 Å². The molecule has 0 heterocycles. The van der Waals surface area contributed by atoms with Crippen molar-refractivity contribution in [3.05, 3.63) is 27.8 Å². The van der Waals surface area contributed by atoms with Crippen LogP contribution in [0.15, 0.2) is 12.1 Å². The lowest BCUT2D eigenvalue weighted by molar-refractivity contribution is -0.386. The molecule has 0 N–H and O–H groups in total. The van der Waals surface area contributed by atoms with E-state index in [1.54, 1.807) is 0 Å². The first kappa shape index (κ1) is 20.1. The molecular formula is C14H21ClN2O5. The molecule has 22 heavy (non-hydrogen) atoms. The van der Waals surface area contributed by atoms with Gasteiger partial charge in [-0.25, -0.2) is 0 Å². The highest BCUT2D eigenvalue weighted by Crippen LogP contribution is 2.39. The Morgan fingerprint density at radius 2 is 1.95 bits per heavy atom. The fraction of sp³-hybridized carbons (Fsp3) is 0.500. The summed E-state index contributed by atoms with van der Waals surface area (Å²) in [5, 5.41) is 11.1. The number of hydrogen-bond acceptors (Lipinski definition) is 6. The Morgan fingerprint density at radius 1 is 1.36 bits per heavy atom. The molecule has 1 atom stereocenters. The molecule has 1 unspecified atom stereocenters. The zero-order valence-electron chi connectivity index (χ0n) is 13.1. The number of aldehydes is 1. The Labute approximate surface area is 135 Å². The average Bonchev–Trinajstić information content (AvgIpc) is 2.47. The molecule has 0 aliphatic rings. The Balaban J connectivity index is 0.00000441. The number of nitrogens with zero attached hydrogens (tertiary/aromatic N) is 2. The number of nitro benzene ring substituents is 1. The van der Waals surface area contributed by atoms with Crippen molar-refractivity contribution in [3.63, 3.8) is 0 Å². The maximum absolute atomic E-state index is 11.1. The summed E-state index contributed by atoms with van der Waals surface area (Å²) in [5.74, 6) is 0.206. The quantitative estimate of drug-likeness (QED) is 0.315. The zero-order valence-corrected chi connectivity index (χ0v) is 13.9. The van der Waals surface area contributed by atoms with Crippen LogP contribution in [-0.2, 0) is 0 Å². The predicted molar refractivity (Wildman–Crippen MR) is 85.3 cm³/mol. The van der Waals surface area contributed by atoms with Gasteiger partial charge in [-0.15, -0.1) is 12.4 Å². The molecule has 1 aromatic rings. The minimum atomic E-state index is -0.641. The van der Waals surface area contributed by atoms with E-state index in [9.17, 15) is 14.9 Å². The van der Waals surface area contributed by atoms with Crippen LogP contribution in [0, 0.1) is 10.1 Å². The highest BCUT2D eigenvalue weighted by atomic mass is 35.5. The maximum atomic E-state index is 11.1. The second-order valence-electron chi connectivity index (χ2n) is 4.35. The molecule has 0 amide bonds. The summed E-state index contributed by atoms with van der Waals surface area (Å²) in [6, 6.07) is 2.87. The third kappa shape index (κ3) is 4.32. The number of rotatable bonds is 8. The van der Waals surface area contributed by atoms with Gasteiger partial charge >= 0.3 is 5.69 Å². The van der Waals surface area contributed by atoms with Crippen LogP contribution >= 0.6 is 12.4 Å². The molecule has 7 nitrogen and oxygen atoms in total. The second-order valence-corrected chi connectivity index (χ2v) is 4.35. The summed E-state index contributed by atoms with van der Waals surface area (Å²) in [4.78, 5) is 23.5. The molecule has 8 heteroatoms. The Kier molecular flexibility index (Phi) is 8.44. The van der Waals surface area contributed by atoms with Crippen molar-refractivity contribution in [1.29, 1.82) is 0 Å². The van der Waals surface area contributed by atoms with E-state index in [1.165, 1.54) is 19.2 Å². The third-order valence-electron chi connectivity index (χ3n) is 3.26. The van der Waals surface area contributed by atoms with Crippen LogP contribution in [0.3, 0.4) is 0 Å². The lowest BCUT2D eigenvalue weighted by atomic mass is 10.1. The van der Waals surface area contributed by atoms with Gasteiger partial charge < -0.3 is 9.47 Å². The first-order valence-electron chi connectivity index (χ1n) is 6.71. The standard InChI is InChI=1S/C14H20N2O5.ClH/c1-5-15(6-2)10(3)21-12-8-7-11(9-17)13(16(18)19)14(12)20-4;/h7-10H,5-6H2,1-4H3;1H. The van der Waals surface area contributed by atoms with Crippen molar-refractivity contribution in [3.8, 4) is 11.5 Å². The van der Waals surface area contributed by atoms with Crippen LogP contribution in [0.25, 0.3) is 0 Å². The summed E-state index contributed by atoms with van der Waals surface area (Å²) in [5.41, 5.74) is -0.420. The molecule has 1 rings (SSSR count). The van der Waals surface area contributed by atoms with Crippen LogP contribution in [0.2, 0.25) is 0 Å². The molecule has 0 spiro atoms. The SMILES string of the molecule is CCN(CC)C(C)Oc1ccc(C=O)c([N+](=O)[O-])c1OC.Cl. The molecule has 0 saturated heterocycles. The van der Waals surface area contributed by atoms with Crippen LogP contribution < -0.4 is 9.47 Å². The monoisotopic (exact) mass is 332 g/mol. The lowest BCUT2D eigenvalue weighted by Crippen LogP contribution is -2.36. The molecule has 0 aliphatic carbocycles. The molecule has 0 radical (unpaired) electrons. The number of carbonyl (C=O) groups excluding carboxylic acids is 1. The second kappa shape index (κ2) is 9.22. The van der Waals surface area contributed by atoms with Crippen LogP contribution in [0.1, 0.15) is 31.1 Å². The molecule has 124 valence electrons. The van der Waals surface area contributed by atoms with Crippen LogP contribution in [-0.4, -0.2) is 42.5 Å². The molecule has 0 aliphatic heterocycles. The van der Waals surface area contributed by atoms with E-state index in [0.29, 0.717) is 6.29 Å². The Bertz CT molecular complexity index is 520. The van der Waals surface area contributed by atoms with E-state index in [0.717, 1.165) is 13.1 Å². The van der Waals surface area contributed by atoms with Gasteiger partial charge in [0.25, 0.3) is 0 Å². The summed E-state index contributed by atoms with van der Waals surface area (Å²) >= 11 is 0. The van der Waals surface area contributed by atoms with Crippen molar-refractivity contribution < 1.29 is 19.2 Å². The van der Waals surface area contributed by atoms with Gasteiger partial charge in [-0.1, -0.05) is 13.8 Å². The van der Waals surface area contributed by atoms with E-state index in [1.807, 2.05) is 25.7 Å². The van der Waals surface area contributed by atoms with Crippen molar-refractivity contribution in [2.24, 2.45) is 0 Å². The highest BCUT2D eigenvalue weighted by molar-refractivity contribution is 5.85. The number of methoxy groups -OCH3 is 1. The van der Waals surface area contributed by atoms with Crippen LogP contribution in [0.4, 0.5) is 5.69 Å². The van der Waals surface area contributed by atoms with Gasteiger partial charge in [-0.3, -0.25) is 19.8 Å². The average molecular weight is 333 g/mol. The number of nitro groups is 1. The van der Waals surface area contributed by atoms with Gasteiger partial charge in [0.1, 0.15) is 6.23 Å². The zero-order chi connectivity index (χ0) is 16.0. The molecule has 0 bridgehead atoms. The molecule has 0 aromatic heterocycles. The number of ether oxygens (including phenoxy) is 2. The van der Waals surface area contributed by atoms with E-state index in [2.05, 4.69) is 0 Å². The third-order valence-corrected chi connectivity index (χ3v) is 3.26. The van der Waals surface area contributed by atoms with E-state index >= 15 is 0 Å². The normalized spacial score (nSPS) is 11.5. The summed E-state index contributed by atoms with van der Waals surface area (Å²) in [6.45, 7) is 7.42. The number of halogens is 1. The van der Waals surface area contributed by atoms with E-state index in [4.69, 9.17) is 9.47 Å². The minimum Gasteiger partial charge on any atom is -0.488 e. The number of hydrogen-bond donors (Lipinski definition) is 0. The van der Waals surface area contributed by atoms with E-state index < -0.39 is 4.92 Å². The fourth-order valence-corrected chi connectivity index (χ4v) is 2.14. The Hall–Kier alpha value is -1.86.